The molecule has 0 aliphatic heterocycles. The topological polar surface area (TPSA) is 26.0 Å². The van der Waals surface area contributed by atoms with E-state index in [9.17, 15) is 0 Å². The molecule has 0 amide bonds. The van der Waals surface area contributed by atoms with Gasteiger partial charge in [0.15, 0.2) is 0 Å². The smallest absolute Gasteiger partial charge is 0.0350 e. The molecule has 2 N–H and O–H groups in total. The predicted molar refractivity (Wildman–Crippen MR) is 64.8 cm³/mol. The molecule has 0 aliphatic rings. The first-order valence-corrected chi connectivity index (χ1v) is 5.14. The largest absolute Gasteiger partial charge is 0.398 e. The van der Waals surface area contributed by atoms with Gasteiger partial charge < -0.3 is 5.73 Å². The molecule has 0 saturated heterocycles. The molecule has 0 fully saturated rings. The normalized spacial score (nSPS) is 10.2. The lowest BCUT2D eigenvalue weighted by atomic mass is 10.0. The van der Waals surface area contributed by atoms with Gasteiger partial charge in [0, 0.05) is 5.69 Å². The van der Waals surface area contributed by atoms with Crippen LogP contribution in [-0.4, -0.2) is 0 Å². The van der Waals surface area contributed by atoms with Crippen molar-refractivity contribution in [3.63, 3.8) is 0 Å². The van der Waals surface area contributed by atoms with E-state index in [0.717, 1.165) is 12.1 Å². The minimum absolute atomic E-state index is 0.879. The maximum atomic E-state index is 5.94. The highest BCUT2D eigenvalue weighted by Gasteiger charge is 2.00. The molecule has 0 radical (unpaired) electrons. The zero-order chi connectivity index (χ0) is 10.7. The molecule has 1 nitrogen and oxygen atoms in total. The summed E-state index contributed by atoms with van der Waals surface area (Å²) in [7, 11) is 0. The molecule has 0 unspecified atom stereocenters. The van der Waals surface area contributed by atoms with Gasteiger partial charge >= 0.3 is 0 Å². The number of hydrogen-bond donors (Lipinski definition) is 1. The van der Waals surface area contributed by atoms with E-state index in [-0.39, 0.29) is 0 Å². The molecular weight excluding hydrogens is 182 g/mol. The Morgan fingerprint density at radius 2 is 1.73 bits per heavy atom. The zero-order valence-corrected chi connectivity index (χ0v) is 8.90. The summed E-state index contributed by atoms with van der Waals surface area (Å²) in [6.07, 6.45) is 0.911. The third-order valence-corrected chi connectivity index (χ3v) is 2.54. The Morgan fingerprint density at radius 3 is 2.47 bits per heavy atom. The van der Waals surface area contributed by atoms with Crippen LogP contribution in [0.5, 0.6) is 0 Å². The highest BCUT2D eigenvalue weighted by atomic mass is 14.6. The molecule has 76 valence electrons. The Kier molecular flexibility index (Phi) is 2.72. The lowest BCUT2D eigenvalue weighted by Gasteiger charge is -2.06. The van der Waals surface area contributed by atoms with Gasteiger partial charge in [-0.15, -0.1) is 0 Å². The summed E-state index contributed by atoms with van der Waals surface area (Å²) in [5.74, 6) is 0. The van der Waals surface area contributed by atoms with Crippen molar-refractivity contribution in [2.24, 2.45) is 0 Å². The van der Waals surface area contributed by atoms with Crippen LogP contribution in [0.4, 0.5) is 5.69 Å². The number of benzene rings is 2. The first-order chi connectivity index (χ1) is 7.25. The van der Waals surface area contributed by atoms with E-state index in [0.29, 0.717) is 0 Å². The number of anilines is 1. The van der Waals surface area contributed by atoms with E-state index < -0.39 is 0 Å². The Hall–Kier alpha value is -1.76. The fraction of sp³-hybridized carbons (Fsp3) is 0.143. The summed E-state index contributed by atoms with van der Waals surface area (Å²) in [5, 5.41) is 0. The zero-order valence-electron chi connectivity index (χ0n) is 8.90. The lowest BCUT2D eigenvalue weighted by Crippen LogP contribution is -1.96. The first kappa shape index (κ1) is 9.78. The van der Waals surface area contributed by atoms with Gasteiger partial charge in [-0.05, 0) is 30.5 Å². The highest BCUT2D eigenvalue weighted by molar-refractivity contribution is 5.50. The van der Waals surface area contributed by atoms with Crippen molar-refractivity contribution in [1.29, 1.82) is 0 Å². The fourth-order valence-corrected chi connectivity index (χ4v) is 1.70. The Morgan fingerprint density at radius 1 is 1.00 bits per heavy atom. The molecule has 2 rings (SSSR count). The van der Waals surface area contributed by atoms with E-state index in [1.54, 1.807) is 0 Å². The van der Waals surface area contributed by atoms with E-state index in [1.807, 2.05) is 18.2 Å². The lowest BCUT2D eigenvalue weighted by molar-refractivity contribution is 1.19. The van der Waals surface area contributed by atoms with Crippen LogP contribution in [0.1, 0.15) is 16.7 Å². The summed E-state index contributed by atoms with van der Waals surface area (Å²) in [4.78, 5) is 0. The monoisotopic (exact) mass is 197 g/mol. The Labute approximate surface area is 90.6 Å². The first-order valence-electron chi connectivity index (χ1n) is 5.14. The van der Waals surface area contributed by atoms with Gasteiger partial charge in [0.1, 0.15) is 0 Å². The quantitative estimate of drug-likeness (QED) is 0.735. The maximum Gasteiger partial charge on any atom is 0.0350 e. The summed E-state index contributed by atoms with van der Waals surface area (Å²) in [6, 6.07) is 16.6. The molecule has 15 heavy (non-hydrogen) atoms. The van der Waals surface area contributed by atoms with E-state index >= 15 is 0 Å². The van der Waals surface area contributed by atoms with Crippen LogP contribution in [0.3, 0.4) is 0 Å². The second kappa shape index (κ2) is 4.18. The summed E-state index contributed by atoms with van der Waals surface area (Å²) in [6.45, 7) is 2.09. The minimum Gasteiger partial charge on any atom is -0.398 e. The molecule has 0 atom stereocenters. The number of nitrogens with two attached hydrogens (primary N) is 1. The summed E-state index contributed by atoms with van der Waals surface area (Å²) in [5.41, 5.74) is 10.6. The van der Waals surface area contributed by atoms with E-state index in [2.05, 4.69) is 37.3 Å². The number of nitrogen functional groups attached to an aromatic ring is 1. The van der Waals surface area contributed by atoms with Crippen LogP contribution in [0.15, 0.2) is 48.5 Å². The Balaban J connectivity index is 2.28. The predicted octanol–water partition coefficient (Wildman–Crippen LogP) is 3.17. The van der Waals surface area contributed by atoms with Crippen LogP contribution in [0, 0.1) is 6.92 Å². The molecule has 0 heterocycles. The molecule has 2 aromatic rings. The average Bonchev–Trinajstić information content (AvgIpc) is 2.25. The van der Waals surface area contributed by atoms with Crippen LogP contribution < -0.4 is 5.73 Å². The van der Waals surface area contributed by atoms with Crippen LogP contribution >= 0.6 is 0 Å². The highest BCUT2D eigenvalue weighted by Crippen LogP contribution is 2.17. The average molecular weight is 197 g/mol. The standard InChI is InChI=1S/C14H15N/c1-11-7-8-14(15)13(9-11)10-12-5-3-2-4-6-12/h2-9H,10,15H2,1H3. The number of rotatable bonds is 2. The van der Waals surface area contributed by atoms with Crippen LogP contribution in [0.25, 0.3) is 0 Å². The van der Waals surface area contributed by atoms with Crippen LogP contribution in [0.2, 0.25) is 0 Å². The van der Waals surface area contributed by atoms with Gasteiger partial charge in [-0.25, -0.2) is 0 Å². The van der Waals surface area contributed by atoms with Crippen molar-refractivity contribution in [3.05, 3.63) is 65.2 Å². The van der Waals surface area contributed by atoms with Crippen molar-refractivity contribution < 1.29 is 0 Å². The van der Waals surface area contributed by atoms with E-state index in [4.69, 9.17) is 5.73 Å². The van der Waals surface area contributed by atoms with Crippen molar-refractivity contribution in [2.75, 3.05) is 5.73 Å². The second-order valence-corrected chi connectivity index (χ2v) is 3.86. The third-order valence-electron chi connectivity index (χ3n) is 2.54. The minimum atomic E-state index is 0.879. The fourth-order valence-electron chi connectivity index (χ4n) is 1.70. The molecule has 0 saturated carbocycles. The SMILES string of the molecule is Cc1ccc(N)c(Cc2ccccc2)c1. The van der Waals surface area contributed by atoms with Gasteiger partial charge in [-0.1, -0.05) is 48.0 Å². The van der Waals surface area contributed by atoms with Gasteiger partial charge in [0.2, 0.25) is 0 Å². The van der Waals surface area contributed by atoms with Crippen molar-refractivity contribution in [1.82, 2.24) is 0 Å². The summed E-state index contributed by atoms with van der Waals surface area (Å²) < 4.78 is 0. The van der Waals surface area contributed by atoms with Crippen molar-refractivity contribution >= 4 is 5.69 Å². The molecule has 0 aliphatic carbocycles. The summed E-state index contributed by atoms with van der Waals surface area (Å²) >= 11 is 0. The molecule has 2 aromatic carbocycles. The van der Waals surface area contributed by atoms with Gasteiger partial charge in [0.25, 0.3) is 0 Å². The van der Waals surface area contributed by atoms with E-state index in [1.165, 1.54) is 16.7 Å². The van der Waals surface area contributed by atoms with Gasteiger partial charge in [0.05, 0.1) is 0 Å². The molecular formula is C14H15N. The Bertz CT molecular complexity index is 446. The second-order valence-electron chi connectivity index (χ2n) is 3.86. The van der Waals surface area contributed by atoms with Crippen molar-refractivity contribution in [2.45, 2.75) is 13.3 Å². The maximum absolute atomic E-state index is 5.94. The van der Waals surface area contributed by atoms with Gasteiger partial charge in [-0.2, -0.15) is 0 Å². The number of aryl methyl sites for hydroxylation is 1. The third kappa shape index (κ3) is 2.38. The molecule has 1 heteroatoms. The number of hydrogen-bond acceptors (Lipinski definition) is 1. The molecule has 0 aromatic heterocycles. The molecule has 0 spiro atoms. The van der Waals surface area contributed by atoms with Crippen LogP contribution in [-0.2, 0) is 6.42 Å². The van der Waals surface area contributed by atoms with Crippen molar-refractivity contribution in [3.8, 4) is 0 Å². The molecule has 0 bridgehead atoms. The van der Waals surface area contributed by atoms with Gasteiger partial charge in [-0.3, -0.25) is 0 Å².